The third-order valence-corrected chi connectivity index (χ3v) is 2.47. The first-order valence-corrected chi connectivity index (χ1v) is 4.40. The van der Waals surface area contributed by atoms with E-state index in [1.807, 2.05) is 0 Å². The van der Waals surface area contributed by atoms with Crippen molar-refractivity contribution >= 4 is 5.91 Å². The predicted octanol–water partition coefficient (Wildman–Crippen LogP) is -0.292. The topological polar surface area (TPSA) is 58.4 Å². The van der Waals surface area contributed by atoms with Gasteiger partial charge in [-0.25, -0.2) is 5.84 Å². The molecule has 1 amide bonds. The van der Waals surface area contributed by atoms with E-state index in [9.17, 15) is 4.79 Å². The maximum atomic E-state index is 10.9. The van der Waals surface area contributed by atoms with Gasteiger partial charge in [0.15, 0.2) is 0 Å². The summed E-state index contributed by atoms with van der Waals surface area (Å²) in [6.45, 7) is 2.20. The first-order chi connectivity index (χ1) is 5.72. The Balaban J connectivity index is 2.21. The lowest BCUT2D eigenvalue weighted by atomic mass is 9.94. The Morgan fingerprint density at radius 1 is 1.58 bits per heavy atom. The van der Waals surface area contributed by atoms with Crippen molar-refractivity contribution in [3.05, 3.63) is 0 Å². The number of carbonyl (C=O) groups is 1. The highest BCUT2D eigenvalue weighted by atomic mass is 16.2. The lowest BCUT2D eigenvalue weighted by molar-refractivity contribution is -0.122. The van der Waals surface area contributed by atoms with Gasteiger partial charge >= 0.3 is 0 Å². The van der Waals surface area contributed by atoms with Crippen LogP contribution in [-0.4, -0.2) is 30.9 Å². The highest BCUT2D eigenvalue weighted by Gasteiger charge is 2.18. The number of nitrogens with one attached hydrogen (secondary N) is 1. The summed E-state index contributed by atoms with van der Waals surface area (Å²) in [5, 5.41) is 0. The van der Waals surface area contributed by atoms with E-state index in [0.29, 0.717) is 12.3 Å². The van der Waals surface area contributed by atoms with Crippen LogP contribution in [0.15, 0.2) is 0 Å². The molecular formula is C8H17N3O. The molecule has 0 spiro atoms. The van der Waals surface area contributed by atoms with Crippen LogP contribution in [0, 0.1) is 5.92 Å². The van der Waals surface area contributed by atoms with Crippen molar-refractivity contribution < 1.29 is 4.79 Å². The van der Waals surface area contributed by atoms with Crippen molar-refractivity contribution in [2.45, 2.75) is 19.3 Å². The van der Waals surface area contributed by atoms with Crippen molar-refractivity contribution in [1.82, 2.24) is 10.3 Å². The quantitative estimate of drug-likeness (QED) is 0.341. The summed E-state index contributed by atoms with van der Waals surface area (Å²) in [7, 11) is 2.11. The third kappa shape index (κ3) is 2.79. The third-order valence-electron chi connectivity index (χ3n) is 2.47. The maximum Gasteiger partial charge on any atom is 0.234 e. The Morgan fingerprint density at radius 2 is 2.17 bits per heavy atom. The lowest BCUT2D eigenvalue weighted by Crippen LogP contribution is -2.35. The minimum atomic E-state index is -0.0375. The molecule has 1 aliphatic heterocycles. The molecule has 0 aromatic carbocycles. The van der Waals surface area contributed by atoms with Gasteiger partial charge < -0.3 is 4.90 Å². The summed E-state index contributed by atoms with van der Waals surface area (Å²) < 4.78 is 0. The number of likely N-dealkylation sites (tertiary alicyclic amines) is 1. The van der Waals surface area contributed by atoms with Crippen LogP contribution in [0.4, 0.5) is 0 Å². The Morgan fingerprint density at radius 3 is 2.67 bits per heavy atom. The van der Waals surface area contributed by atoms with Crippen LogP contribution in [0.5, 0.6) is 0 Å². The molecule has 0 aliphatic carbocycles. The van der Waals surface area contributed by atoms with Crippen LogP contribution in [-0.2, 0) is 4.79 Å². The number of nitrogens with two attached hydrogens (primary N) is 1. The van der Waals surface area contributed by atoms with Crippen LogP contribution in [0.25, 0.3) is 0 Å². The monoisotopic (exact) mass is 171 g/mol. The molecule has 4 nitrogen and oxygen atoms in total. The SMILES string of the molecule is CN1CCC(CC(=O)NN)CC1. The molecular weight excluding hydrogens is 154 g/mol. The average Bonchev–Trinajstić information content (AvgIpc) is 2.09. The lowest BCUT2D eigenvalue weighted by Gasteiger charge is -2.28. The van der Waals surface area contributed by atoms with E-state index in [1.165, 1.54) is 0 Å². The van der Waals surface area contributed by atoms with Crippen molar-refractivity contribution in [3.8, 4) is 0 Å². The highest BCUT2D eigenvalue weighted by Crippen LogP contribution is 2.18. The van der Waals surface area contributed by atoms with E-state index < -0.39 is 0 Å². The number of hydrazine groups is 1. The van der Waals surface area contributed by atoms with E-state index in [1.54, 1.807) is 0 Å². The Bertz CT molecular complexity index is 152. The molecule has 0 unspecified atom stereocenters. The van der Waals surface area contributed by atoms with Crippen molar-refractivity contribution in [1.29, 1.82) is 0 Å². The van der Waals surface area contributed by atoms with Gasteiger partial charge in [-0.2, -0.15) is 0 Å². The van der Waals surface area contributed by atoms with Gasteiger partial charge in [-0.05, 0) is 38.9 Å². The largest absolute Gasteiger partial charge is 0.306 e. The molecule has 12 heavy (non-hydrogen) atoms. The summed E-state index contributed by atoms with van der Waals surface area (Å²) >= 11 is 0. The minimum absolute atomic E-state index is 0.0375. The zero-order chi connectivity index (χ0) is 8.97. The summed E-state index contributed by atoms with van der Waals surface area (Å²) in [4.78, 5) is 13.2. The fraction of sp³-hybridized carbons (Fsp3) is 0.875. The minimum Gasteiger partial charge on any atom is -0.306 e. The molecule has 70 valence electrons. The van der Waals surface area contributed by atoms with E-state index in [4.69, 9.17) is 5.84 Å². The molecule has 0 aromatic heterocycles. The number of hydrogen-bond acceptors (Lipinski definition) is 3. The number of hydrogen-bond donors (Lipinski definition) is 2. The Labute approximate surface area is 73.1 Å². The number of amides is 1. The second kappa shape index (κ2) is 4.42. The second-order valence-corrected chi connectivity index (χ2v) is 3.52. The van der Waals surface area contributed by atoms with Gasteiger partial charge in [-0.3, -0.25) is 10.2 Å². The maximum absolute atomic E-state index is 10.9. The van der Waals surface area contributed by atoms with Crippen LogP contribution < -0.4 is 11.3 Å². The molecule has 1 aliphatic rings. The molecule has 1 fully saturated rings. The fourth-order valence-electron chi connectivity index (χ4n) is 1.59. The smallest absolute Gasteiger partial charge is 0.234 e. The summed E-state index contributed by atoms with van der Waals surface area (Å²) in [6, 6.07) is 0. The second-order valence-electron chi connectivity index (χ2n) is 3.52. The molecule has 0 bridgehead atoms. The molecule has 0 radical (unpaired) electrons. The van der Waals surface area contributed by atoms with Crippen molar-refractivity contribution in [2.75, 3.05) is 20.1 Å². The first kappa shape index (κ1) is 9.48. The summed E-state index contributed by atoms with van der Waals surface area (Å²) in [5.41, 5.74) is 2.17. The van der Waals surface area contributed by atoms with Gasteiger partial charge in [0.2, 0.25) is 5.91 Å². The molecule has 1 saturated heterocycles. The average molecular weight is 171 g/mol. The Hall–Kier alpha value is -0.610. The number of piperidine rings is 1. The first-order valence-electron chi connectivity index (χ1n) is 4.40. The highest BCUT2D eigenvalue weighted by molar-refractivity contribution is 5.75. The molecule has 0 aromatic rings. The normalized spacial score (nSPS) is 20.8. The molecule has 0 saturated carbocycles. The van der Waals surface area contributed by atoms with Crippen LogP contribution in [0.2, 0.25) is 0 Å². The molecule has 1 rings (SSSR count). The molecule has 0 atom stereocenters. The van der Waals surface area contributed by atoms with Crippen LogP contribution in [0.3, 0.4) is 0 Å². The number of carbonyl (C=O) groups excluding carboxylic acids is 1. The van der Waals surface area contributed by atoms with Gasteiger partial charge in [-0.15, -0.1) is 0 Å². The molecule has 1 heterocycles. The van der Waals surface area contributed by atoms with E-state index in [-0.39, 0.29) is 5.91 Å². The number of nitrogens with zero attached hydrogens (tertiary/aromatic N) is 1. The fourth-order valence-corrected chi connectivity index (χ4v) is 1.59. The van der Waals surface area contributed by atoms with Gasteiger partial charge in [0, 0.05) is 6.42 Å². The summed E-state index contributed by atoms with van der Waals surface area (Å²) in [5.74, 6) is 5.50. The van der Waals surface area contributed by atoms with Crippen LogP contribution >= 0.6 is 0 Å². The standard InChI is InChI=1S/C8H17N3O/c1-11-4-2-7(3-5-11)6-8(12)10-9/h7H,2-6,9H2,1H3,(H,10,12). The number of rotatable bonds is 2. The van der Waals surface area contributed by atoms with E-state index in [2.05, 4.69) is 17.4 Å². The zero-order valence-corrected chi connectivity index (χ0v) is 7.55. The van der Waals surface area contributed by atoms with Crippen molar-refractivity contribution in [3.63, 3.8) is 0 Å². The van der Waals surface area contributed by atoms with Crippen LogP contribution in [0.1, 0.15) is 19.3 Å². The van der Waals surface area contributed by atoms with Gasteiger partial charge in [0.25, 0.3) is 0 Å². The van der Waals surface area contributed by atoms with Gasteiger partial charge in [0.05, 0.1) is 0 Å². The Kier molecular flexibility index (Phi) is 3.49. The van der Waals surface area contributed by atoms with Gasteiger partial charge in [0.1, 0.15) is 0 Å². The zero-order valence-electron chi connectivity index (χ0n) is 7.55. The predicted molar refractivity (Wildman–Crippen MR) is 47.2 cm³/mol. The van der Waals surface area contributed by atoms with Gasteiger partial charge in [-0.1, -0.05) is 0 Å². The van der Waals surface area contributed by atoms with E-state index >= 15 is 0 Å². The summed E-state index contributed by atoms with van der Waals surface area (Å²) in [6.07, 6.45) is 2.82. The molecule has 4 heteroatoms. The molecule has 3 N–H and O–H groups in total. The van der Waals surface area contributed by atoms with Crippen molar-refractivity contribution in [2.24, 2.45) is 11.8 Å². The van der Waals surface area contributed by atoms with E-state index in [0.717, 1.165) is 25.9 Å².